The molecule has 5 nitrogen and oxygen atoms in total. The molecule has 0 radical (unpaired) electrons. The van der Waals surface area contributed by atoms with Crippen molar-refractivity contribution in [1.29, 1.82) is 0 Å². The molecular weight excluding hydrogens is 204 g/mol. The molecule has 1 aromatic carbocycles. The third-order valence-corrected chi connectivity index (χ3v) is 2.59. The highest BCUT2D eigenvalue weighted by atomic mass is 16.5. The molecule has 0 aromatic heterocycles. The van der Waals surface area contributed by atoms with Crippen LogP contribution in [-0.4, -0.2) is 25.8 Å². The van der Waals surface area contributed by atoms with Crippen LogP contribution in [0.15, 0.2) is 28.6 Å². The van der Waals surface area contributed by atoms with Gasteiger partial charge in [0.25, 0.3) is 0 Å². The molecule has 1 aliphatic rings. The summed E-state index contributed by atoms with van der Waals surface area (Å²) in [5, 5.41) is 11.7. The number of methoxy groups -OCH3 is 1. The number of aryl methyl sites for hydroxylation is 1. The number of ether oxygens (including phenoxy) is 1. The SMILES string of the molecule is COCc1c(C)cccc1N1CN(C)N=N1. The van der Waals surface area contributed by atoms with Gasteiger partial charge in [-0.05, 0) is 23.8 Å². The highest BCUT2D eigenvalue weighted by molar-refractivity contribution is 5.55. The summed E-state index contributed by atoms with van der Waals surface area (Å²) in [4.78, 5) is 0. The molecule has 0 aliphatic carbocycles. The normalized spacial score (nSPS) is 14.9. The highest BCUT2D eigenvalue weighted by Gasteiger charge is 2.17. The number of nitrogens with zero attached hydrogens (tertiary/aromatic N) is 4. The average molecular weight is 220 g/mol. The van der Waals surface area contributed by atoms with Gasteiger partial charge in [-0.25, -0.2) is 5.01 Å². The quantitative estimate of drug-likeness (QED) is 0.783. The van der Waals surface area contributed by atoms with Gasteiger partial charge in [0.1, 0.15) is 6.67 Å². The van der Waals surface area contributed by atoms with Crippen LogP contribution in [0.5, 0.6) is 0 Å². The van der Waals surface area contributed by atoms with E-state index in [1.807, 2.05) is 24.2 Å². The van der Waals surface area contributed by atoms with E-state index in [1.54, 1.807) is 12.1 Å². The molecule has 2 rings (SSSR count). The molecule has 0 bridgehead atoms. The Bertz CT molecular complexity index is 405. The van der Waals surface area contributed by atoms with Crippen LogP contribution in [0, 0.1) is 6.92 Å². The fraction of sp³-hybridized carbons (Fsp3) is 0.455. The summed E-state index contributed by atoms with van der Waals surface area (Å²) in [7, 11) is 3.60. The van der Waals surface area contributed by atoms with Crippen LogP contribution in [-0.2, 0) is 11.3 Å². The van der Waals surface area contributed by atoms with Crippen LogP contribution < -0.4 is 5.01 Å². The van der Waals surface area contributed by atoms with Crippen LogP contribution in [0.2, 0.25) is 0 Å². The van der Waals surface area contributed by atoms with E-state index >= 15 is 0 Å². The molecule has 1 aromatic rings. The fourth-order valence-electron chi connectivity index (χ4n) is 1.75. The second kappa shape index (κ2) is 4.49. The Hall–Kier alpha value is -1.62. The molecule has 1 heterocycles. The van der Waals surface area contributed by atoms with Crippen molar-refractivity contribution in [3.63, 3.8) is 0 Å². The third kappa shape index (κ3) is 1.99. The zero-order chi connectivity index (χ0) is 11.5. The first-order valence-electron chi connectivity index (χ1n) is 5.20. The molecule has 86 valence electrons. The first kappa shape index (κ1) is 10.9. The standard InChI is InChI=1S/C11H16N4O/c1-9-5-4-6-11(10(9)7-16-3)15-8-14(2)12-13-15/h4-6H,7-8H2,1-3H3. The Morgan fingerprint density at radius 2 is 2.19 bits per heavy atom. The number of hydrogen-bond acceptors (Lipinski definition) is 5. The predicted octanol–water partition coefficient (Wildman–Crippen LogP) is 2.13. The fourth-order valence-corrected chi connectivity index (χ4v) is 1.75. The van der Waals surface area contributed by atoms with Gasteiger partial charge in [-0.3, -0.25) is 5.01 Å². The van der Waals surface area contributed by atoms with Crippen molar-refractivity contribution in [2.45, 2.75) is 13.5 Å². The van der Waals surface area contributed by atoms with Gasteiger partial charge in [0.15, 0.2) is 0 Å². The predicted molar refractivity (Wildman–Crippen MR) is 61.9 cm³/mol. The van der Waals surface area contributed by atoms with Crippen molar-refractivity contribution in [2.24, 2.45) is 10.4 Å². The van der Waals surface area contributed by atoms with Gasteiger partial charge in [-0.1, -0.05) is 17.4 Å². The van der Waals surface area contributed by atoms with Gasteiger partial charge >= 0.3 is 0 Å². The van der Waals surface area contributed by atoms with Crippen LogP contribution >= 0.6 is 0 Å². The Morgan fingerprint density at radius 1 is 1.38 bits per heavy atom. The molecule has 0 atom stereocenters. The Morgan fingerprint density at radius 3 is 2.81 bits per heavy atom. The monoisotopic (exact) mass is 220 g/mol. The Balaban J connectivity index is 2.33. The van der Waals surface area contributed by atoms with E-state index in [0.717, 1.165) is 5.69 Å². The summed E-state index contributed by atoms with van der Waals surface area (Å²) in [6.45, 7) is 3.35. The van der Waals surface area contributed by atoms with E-state index in [0.29, 0.717) is 13.3 Å². The summed E-state index contributed by atoms with van der Waals surface area (Å²) in [6.07, 6.45) is 0. The lowest BCUT2D eigenvalue weighted by atomic mass is 10.1. The summed E-state index contributed by atoms with van der Waals surface area (Å²) >= 11 is 0. The maximum Gasteiger partial charge on any atom is 0.132 e. The van der Waals surface area contributed by atoms with Crippen molar-refractivity contribution >= 4 is 5.69 Å². The molecule has 0 unspecified atom stereocenters. The van der Waals surface area contributed by atoms with Crippen LogP contribution in [0.4, 0.5) is 5.69 Å². The molecule has 16 heavy (non-hydrogen) atoms. The van der Waals surface area contributed by atoms with Gasteiger partial charge in [-0.15, -0.1) is 0 Å². The van der Waals surface area contributed by atoms with E-state index in [-0.39, 0.29) is 0 Å². The Kier molecular flexibility index (Phi) is 3.05. The minimum atomic E-state index is 0.595. The molecule has 5 heteroatoms. The van der Waals surface area contributed by atoms with Crippen LogP contribution in [0.3, 0.4) is 0 Å². The lowest BCUT2D eigenvalue weighted by molar-refractivity contribution is 0.184. The van der Waals surface area contributed by atoms with Gasteiger partial charge in [0, 0.05) is 19.7 Å². The van der Waals surface area contributed by atoms with Crippen molar-refractivity contribution < 1.29 is 4.74 Å². The zero-order valence-corrected chi connectivity index (χ0v) is 9.84. The first-order valence-corrected chi connectivity index (χ1v) is 5.20. The summed E-state index contributed by atoms with van der Waals surface area (Å²) in [5.41, 5.74) is 3.44. The van der Waals surface area contributed by atoms with E-state index in [4.69, 9.17) is 4.74 Å². The molecule has 1 aliphatic heterocycles. The van der Waals surface area contributed by atoms with Crippen molar-refractivity contribution in [3.8, 4) is 0 Å². The van der Waals surface area contributed by atoms with E-state index in [2.05, 4.69) is 23.4 Å². The lowest BCUT2D eigenvalue weighted by Gasteiger charge is -2.18. The van der Waals surface area contributed by atoms with Gasteiger partial charge < -0.3 is 4.74 Å². The number of anilines is 1. The van der Waals surface area contributed by atoms with Gasteiger partial charge in [0.05, 0.1) is 12.3 Å². The number of benzene rings is 1. The van der Waals surface area contributed by atoms with Crippen LogP contribution in [0.25, 0.3) is 0 Å². The molecule has 0 spiro atoms. The van der Waals surface area contributed by atoms with Gasteiger partial charge in [-0.2, -0.15) is 0 Å². The smallest absolute Gasteiger partial charge is 0.132 e. The molecule has 0 amide bonds. The summed E-state index contributed by atoms with van der Waals surface area (Å²) < 4.78 is 5.22. The minimum absolute atomic E-state index is 0.595. The van der Waals surface area contributed by atoms with Gasteiger partial charge in [0.2, 0.25) is 0 Å². The first-order chi connectivity index (χ1) is 7.72. The lowest BCUT2D eigenvalue weighted by Crippen LogP contribution is -2.22. The largest absolute Gasteiger partial charge is 0.380 e. The molecule has 0 N–H and O–H groups in total. The Labute approximate surface area is 95.3 Å². The number of rotatable bonds is 3. The third-order valence-electron chi connectivity index (χ3n) is 2.59. The summed E-state index contributed by atoms with van der Waals surface area (Å²) in [6, 6.07) is 6.14. The molecule has 0 saturated carbocycles. The molecule has 0 fully saturated rings. The minimum Gasteiger partial charge on any atom is -0.380 e. The van der Waals surface area contributed by atoms with E-state index in [9.17, 15) is 0 Å². The second-order valence-electron chi connectivity index (χ2n) is 3.88. The topological polar surface area (TPSA) is 40.4 Å². The molecular formula is C11H16N4O. The summed E-state index contributed by atoms with van der Waals surface area (Å²) in [5.74, 6) is 0. The van der Waals surface area contributed by atoms with Crippen molar-refractivity contribution in [2.75, 3.05) is 25.8 Å². The zero-order valence-electron chi connectivity index (χ0n) is 9.84. The average Bonchev–Trinajstić information content (AvgIpc) is 2.68. The molecule has 0 saturated heterocycles. The van der Waals surface area contributed by atoms with Crippen LogP contribution in [0.1, 0.15) is 11.1 Å². The maximum atomic E-state index is 5.22. The van der Waals surface area contributed by atoms with E-state index < -0.39 is 0 Å². The highest BCUT2D eigenvalue weighted by Crippen LogP contribution is 2.26. The maximum absolute atomic E-state index is 5.22. The second-order valence-corrected chi connectivity index (χ2v) is 3.88. The van der Waals surface area contributed by atoms with E-state index in [1.165, 1.54) is 11.1 Å². The van der Waals surface area contributed by atoms with Crippen molar-refractivity contribution in [1.82, 2.24) is 5.01 Å². The van der Waals surface area contributed by atoms with Crippen molar-refractivity contribution in [3.05, 3.63) is 29.3 Å². The number of hydrogen-bond donors (Lipinski definition) is 0.